The summed E-state index contributed by atoms with van der Waals surface area (Å²) in [5.74, 6) is 0. The van der Waals surface area contributed by atoms with Crippen molar-refractivity contribution in [3.63, 3.8) is 0 Å². The van der Waals surface area contributed by atoms with Crippen LogP contribution in [0.2, 0.25) is 0 Å². The molecule has 8 aromatic rings. The van der Waals surface area contributed by atoms with Gasteiger partial charge in [0.1, 0.15) is 11.2 Å². The van der Waals surface area contributed by atoms with Gasteiger partial charge in [-0.25, -0.2) is 0 Å². The van der Waals surface area contributed by atoms with E-state index in [1.165, 1.54) is 136 Å². The molecule has 0 unspecified atom stereocenters. The molecule has 0 radical (unpaired) electrons. The third-order valence-corrected chi connectivity index (χ3v) is 20.1. The smallest absolute Gasteiger partial charge is 0.252 e. The minimum absolute atomic E-state index is 0.00873. The van der Waals surface area contributed by atoms with Crippen LogP contribution >= 0.6 is 0 Å². The molecule has 0 N–H and O–H groups in total. The second-order valence-electron chi connectivity index (χ2n) is 29.0. The van der Waals surface area contributed by atoms with E-state index >= 15 is 0 Å². The number of fused-ring (bicyclic) bond motifs is 10. The molecule has 3 nitrogen and oxygen atoms in total. The summed E-state index contributed by atoms with van der Waals surface area (Å²) in [4.78, 5) is 5.43. The molecular weight excluding hydrogens is 908 g/mol. The molecule has 0 saturated carbocycles. The fourth-order valence-electron chi connectivity index (χ4n) is 14.8. The van der Waals surface area contributed by atoms with Gasteiger partial charge in [-0.15, -0.1) is 0 Å². The molecule has 75 heavy (non-hydrogen) atoms. The van der Waals surface area contributed by atoms with E-state index in [1.807, 2.05) is 0 Å². The third-order valence-electron chi connectivity index (χ3n) is 20.1. The van der Waals surface area contributed by atoms with E-state index in [0.29, 0.717) is 0 Å². The zero-order valence-electron chi connectivity index (χ0n) is 48.1. The van der Waals surface area contributed by atoms with E-state index in [2.05, 4.69) is 236 Å². The second kappa shape index (κ2) is 15.6. The van der Waals surface area contributed by atoms with Gasteiger partial charge in [-0.2, -0.15) is 0 Å². The highest BCUT2D eigenvalue weighted by Crippen LogP contribution is 2.55. The number of benzene rings is 7. The number of nitrogens with zero attached hydrogens (tertiary/aromatic N) is 2. The number of hydrogen-bond acceptors (Lipinski definition) is 3. The summed E-state index contributed by atoms with van der Waals surface area (Å²) in [7, 11) is 0. The lowest BCUT2D eigenvalue weighted by Gasteiger charge is -2.48. The van der Waals surface area contributed by atoms with Crippen molar-refractivity contribution < 1.29 is 4.42 Å². The average Bonchev–Trinajstić information content (AvgIpc) is 3.78. The molecule has 0 fully saturated rings. The summed E-state index contributed by atoms with van der Waals surface area (Å²) in [6.45, 7) is 39.0. The molecule has 5 aliphatic rings. The first-order chi connectivity index (χ1) is 35.2. The van der Waals surface area contributed by atoms with E-state index < -0.39 is 0 Å². The Kier molecular flexibility index (Phi) is 10.1. The number of aryl methyl sites for hydroxylation is 1. The fraction of sp³-hybridized carbons (Fsp3) is 0.408. The summed E-state index contributed by atoms with van der Waals surface area (Å²) < 4.78 is 7.07. The number of anilines is 6. The molecule has 3 aliphatic carbocycles. The van der Waals surface area contributed by atoms with Crippen LogP contribution in [0.4, 0.5) is 34.1 Å². The molecule has 7 aromatic carbocycles. The third kappa shape index (κ3) is 7.19. The van der Waals surface area contributed by atoms with Gasteiger partial charge in [0.05, 0.1) is 0 Å². The number of furan rings is 1. The van der Waals surface area contributed by atoms with Crippen molar-refractivity contribution in [3.05, 3.63) is 160 Å². The van der Waals surface area contributed by atoms with Crippen molar-refractivity contribution in [1.82, 2.24) is 0 Å². The molecule has 13 rings (SSSR count). The lowest BCUT2D eigenvalue weighted by molar-refractivity contribution is 0.332. The SMILES string of the molecule is Cc1cc2c(cc1N1c3cc4c(cc3B3c5cc6c(cc5N(c5ccc7c(c5)C(C)(C)CCC7(C)C)c5cc(-c7ccccc7)cc1c53)C(C)(C)CCC6(C)C)oc1ccc(C(C)(C)C)cc14)C(C)(C)CCC2(C)C. The summed E-state index contributed by atoms with van der Waals surface area (Å²) in [6.07, 6.45) is 7.00. The number of rotatable bonds is 3. The lowest BCUT2D eigenvalue weighted by Crippen LogP contribution is -2.62. The minimum atomic E-state index is -0.0625. The zero-order valence-corrected chi connectivity index (χ0v) is 48.1. The molecule has 3 heterocycles. The predicted molar refractivity (Wildman–Crippen MR) is 322 cm³/mol. The maximum atomic E-state index is 7.07. The van der Waals surface area contributed by atoms with Gasteiger partial charge in [0.2, 0.25) is 0 Å². The van der Waals surface area contributed by atoms with Crippen molar-refractivity contribution in [2.75, 3.05) is 9.80 Å². The highest BCUT2D eigenvalue weighted by atomic mass is 16.3. The Morgan fingerprint density at radius 1 is 0.413 bits per heavy atom. The Labute approximate surface area is 449 Å². The quantitative estimate of drug-likeness (QED) is 0.165. The normalized spacial score (nSPS) is 20.0. The van der Waals surface area contributed by atoms with E-state index in [0.717, 1.165) is 30.4 Å². The first kappa shape index (κ1) is 48.6. The van der Waals surface area contributed by atoms with Gasteiger partial charge < -0.3 is 14.2 Å². The molecule has 2 aliphatic heterocycles. The van der Waals surface area contributed by atoms with E-state index in [4.69, 9.17) is 4.42 Å². The Bertz CT molecular complexity index is 3740. The monoisotopic (exact) mass is 987 g/mol. The van der Waals surface area contributed by atoms with E-state index in [-0.39, 0.29) is 44.6 Å². The van der Waals surface area contributed by atoms with Crippen molar-refractivity contribution in [2.45, 2.75) is 187 Å². The highest BCUT2D eigenvalue weighted by molar-refractivity contribution is 7.00. The Balaban J connectivity index is 1.20. The van der Waals surface area contributed by atoms with E-state index in [1.54, 1.807) is 0 Å². The molecule has 0 bridgehead atoms. The van der Waals surface area contributed by atoms with Crippen LogP contribution in [0.3, 0.4) is 0 Å². The Morgan fingerprint density at radius 3 is 1.51 bits per heavy atom. The summed E-state index contributed by atoms with van der Waals surface area (Å²) >= 11 is 0. The van der Waals surface area contributed by atoms with Gasteiger partial charge in [-0.3, -0.25) is 0 Å². The zero-order chi connectivity index (χ0) is 52.9. The maximum Gasteiger partial charge on any atom is 0.252 e. The highest BCUT2D eigenvalue weighted by Gasteiger charge is 2.49. The van der Waals surface area contributed by atoms with Gasteiger partial charge in [0, 0.05) is 44.9 Å². The van der Waals surface area contributed by atoms with Gasteiger partial charge in [-0.05, 0) is 216 Å². The van der Waals surface area contributed by atoms with Gasteiger partial charge >= 0.3 is 0 Å². The van der Waals surface area contributed by atoms with Gasteiger partial charge in [0.15, 0.2) is 0 Å². The first-order valence-corrected chi connectivity index (χ1v) is 28.5. The van der Waals surface area contributed by atoms with Crippen molar-refractivity contribution in [3.8, 4) is 11.1 Å². The Morgan fingerprint density at radius 2 is 0.907 bits per heavy atom. The standard InChI is InChI=1S/C71H79BN2O/c1-42-32-50-53(70(13,14)30-28-67(50,7)8)39-57(42)74-58-37-48-47-35-45(65(2,3)4)22-25-62(47)75-63(48)41-56(58)72-55-38-52-54(71(15,16)31-29-69(52,11)12)40-59(55)73(46-23-24-49-51(36-46)68(9,10)27-26-66(49,5)6)60-33-44(34-61(74)64(60)72)43-20-18-17-19-21-43/h17-25,32-41H,26-31H2,1-16H3. The van der Waals surface area contributed by atoms with Crippen molar-refractivity contribution in [2.24, 2.45) is 0 Å². The van der Waals surface area contributed by atoms with Crippen LogP contribution in [0.25, 0.3) is 33.1 Å². The first-order valence-electron chi connectivity index (χ1n) is 28.5. The maximum absolute atomic E-state index is 7.07. The Hall–Kier alpha value is -6.00. The van der Waals surface area contributed by atoms with E-state index in [9.17, 15) is 0 Å². The van der Waals surface area contributed by atoms with Crippen LogP contribution in [0, 0.1) is 6.92 Å². The van der Waals surface area contributed by atoms with Crippen LogP contribution < -0.4 is 26.2 Å². The topological polar surface area (TPSA) is 19.6 Å². The van der Waals surface area contributed by atoms with Crippen LogP contribution in [-0.4, -0.2) is 6.71 Å². The van der Waals surface area contributed by atoms with Gasteiger partial charge in [-0.1, -0.05) is 158 Å². The summed E-state index contributed by atoms with van der Waals surface area (Å²) in [5, 5.41) is 2.35. The molecular formula is C71H79BN2O. The average molecular weight is 987 g/mol. The predicted octanol–water partition coefficient (Wildman–Crippen LogP) is 18.0. The van der Waals surface area contributed by atoms with Crippen LogP contribution in [0.1, 0.15) is 187 Å². The molecule has 0 amide bonds. The molecule has 0 spiro atoms. The van der Waals surface area contributed by atoms with Crippen LogP contribution in [0.5, 0.6) is 0 Å². The fourth-order valence-corrected chi connectivity index (χ4v) is 14.8. The van der Waals surface area contributed by atoms with Crippen molar-refractivity contribution in [1.29, 1.82) is 0 Å². The van der Waals surface area contributed by atoms with Crippen molar-refractivity contribution >= 4 is 79.2 Å². The number of hydrogen-bond donors (Lipinski definition) is 0. The molecule has 382 valence electrons. The van der Waals surface area contributed by atoms with Crippen LogP contribution in [-0.2, 0) is 37.9 Å². The molecule has 4 heteroatoms. The van der Waals surface area contributed by atoms with Gasteiger partial charge in [0.25, 0.3) is 6.71 Å². The second-order valence-corrected chi connectivity index (χ2v) is 29.0. The largest absolute Gasteiger partial charge is 0.456 e. The lowest BCUT2D eigenvalue weighted by atomic mass is 9.33. The molecule has 0 saturated heterocycles. The molecule has 0 atom stereocenters. The van der Waals surface area contributed by atoms with Crippen LogP contribution in [0.15, 0.2) is 120 Å². The summed E-state index contributed by atoms with van der Waals surface area (Å²) in [6, 6.07) is 46.3. The molecule has 1 aromatic heterocycles. The summed E-state index contributed by atoms with van der Waals surface area (Å²) in [5.41, 5.74) is 27.8. The minimum Gasteiger partial charge on any atom is -0.456 e.